The van der Waals surface area contributed by atoms with Crippen molar-refractivity contribution in [3.8, 4) is 0 Å². The number of benzene rings is 1. The first kappa shape index (κ1) is 17.5. The quantitative estimate of drug-likeness (QED) is 0.724. The maximum Gasteiger partial charge on any atom is 0.322 e. The van der Waals surface area contributed by atoms with Gasteiger partial charge in [0.2, 0.25) is 0 Å². The van der Waals surface area contributed by atoms with E-state index in [1.807, 2.05) is 45.2 Å². The summed E-state index contributed by atoms with van der Waals surface area (Å²) in [6, 6.07) is 8.02. The Bertz CT molecular complexity index is 449. The van der Waals surface area contributed by atoms with Crippen LogP contribution in [0.3, 0.4) is 0 Å². The second-order valence-electron chi connectivity index (χ2n) is 5.43. The van der Waals surface area contributed by atoms with Gasteiger partial charge in [-0.2, -0.15) is 0 Å². The van der Waals surface area contributed by atoms with Gasteiger partial charge in [0.25, 0.3) is 0 Å². The maximum atomic E-state index is 12.3. The van der Waals surface area contributed by atoms with Gasteiger partial charge >= 0.3 is 6.03 Å². The van der Waals surface area contributed by atoms with Crippen molar-refractivity contribution in [3.63, 3.8) is 0 Å². The highest BCUT2D eigenvalue weighted by Gasteiger charge is 2.16. The monoisotopic (exact) mass is 293 g/mol. The lowest BCUT2D eigenvalue weighted by Crippen LogP contribution is -2.41. The Morgan fingerprint density at radius 2 is 2.05 bits per heavy atom. The number of nitrogens with one attached hydrogen (secondary N) is 2. The summed E-state index contributed by atoms with van der Waals surface area (Å²) in [5, 5.41) is 15.0. The van der Waals surface area contributed by atoms with Crippen LogP contribution in [-0.4, -0.2) is 42.3 Å². The molecule has 1 atom stereocenters. The van der Waals surface area contributed by atoms with E-state index in [1.54, 1.807) is 4.90 Å². The van der Waals surface area contributed by atoms with Crippen LogP contribution in [-0.2, 0) is 0 Å². The van der Waals surface area contributed by atoms with E-state index >= 15 is 0 Å². The van der Waals surface area contributed by atoms with E-state index in [2.05, 4.69) is 17.6 Å². The fourth-order valence-electron chi connectivity index (χ4n) is 2.08. The Morgan fingerprint density at radius 1 is 1.33 bits per heavy atom. The van der Waals surface area contributed by atoms with Crippen LogP contribution in [0.25, 0.3) is 0 Å². The van der Waals surface area contributed by atoms with E-state index in [0.29, 0.717) is 13.0 Å². The topological polar surface area (TPSA) is 64.6 Å². The van der Waals surface area contributed by atoms with Gasteiger partial charge in [0, 0.05) is 30.9 Å². The lowest BCUT2D eigenvalue weighted by atomic mass is 10.1. The molecule has 0 aliphatic heterocycles. The molecule has 21 heavy (non-hydrogen) atoms. The first-order chi connectivity index (χ1) is 9.99. The first-order valence-corrected chi connectivity index (χ1v) is 7.45. The minimum Gasteiger partial charge on any atom is -0.396 e. The van der Waals surface area contributed by atoms with Gasteiger partial charge in [0.15, 0.2) is 0 Å². The molecule has 0 aliphatic carbocycles. The average Bonchev–Trinajstić information content (AvgIpc) is 2.46. The number of rotatable bonds is 7. The molecule has 0 spiro atoms. The summed E-state index contributed by atoms with van der Waals surface area (Å²) in [5.74, 6) is 0. The van der Waals surface area contributed by atoms with Crippen molar-refractivity contribution < 1.29 is 9.90 Å². The zero-order chi connectivity index (χ0) is 15.8. The van der Waals surface area contributed by atoms with Crippen LogP contribution in [0, 0.1) is 0 Å². The molecule has 3 N–H and O–H groups in total. The molecule has 5 heteroatoms. The molecule has 0 saturated heterocycles. The smallest absolute Gasteiger partial charge is 0.322 e. The summed E-state index contributed by atoms with van der Waals surface area (Å²) in [7, 11) is 1.91. The molecule has 0 heterocycles. The highest BCUT2D eigenvalue weighted by Crippen LogP contribution is 2.17. The lowest BCUT2D eigenvalue weighted by Gasteiger charge is -2.27. The van der Waals surface area contributed by atoms with E-state index in [-0.39, 0.29) is 24.7 Å². The molecule has 2 amide bonds. The van der Waals surface area contributed by atoms with Crippen LogP contribution in [0.2, 0.25) is 0 Å². The molecule has 0 fully saturated rings. The fraction of sp³-hybridized carbons (Fsp3) is 0.562. The van der Waals surface area contributed by atoms with Gasteiger partial charge < -0.3 is 20.6 Å². The zero-order valence-electron chi connectivity index (χ0n) is 13.4. The highest BCUT2D eigenvalue weighted by molar-refractivity contribution is 5.89. The second kappa shape index (κ2) is 8.64. The summed E-state index contributed by atoms with van der Waals surface area (Å²) in [6.07, 6.45) is 0.586. The van der Waals surface area contributed by atoms with Crippen LogP contribution >= 0.6 is 0 Å². The largest absolute Gasteiger partial charge is 0.396 e. The number of anilines is 1. The van der Waals surface area contributed by atoms with Gasteiger partial charge in [-0.3, -0.25) is 0 Å². The zero-order valence-corrected chi connectivity index (χ0v) is 13.4. The summed E-state index contributed by atoms with van der Waals surface area (Å²) in [6.45, 7) is 6.65. The molecule has 1 aromatic carbocycles. The minimum atomic E-state index is -0.132. The number of nitrogens with zero attached hydrogens (tertiary/aromatic N) is 1. The van der Waals surface area contributed by atoms with Crippen LogP contribution < -0.4 is 10.6 Å². The minimum absolute atomic E-state index is 0.0890. The number of urea groups is 1. The summed E-state index contributed by atoms with van der Waals surface area (Å²) >= 11 is 0. The number of carbonyl (C=O) groups is 1. The third-order valence-corrected chi connectivity index (χ3v) is 3.51. The van der Waals surface area contributed by atoms with Gasteiger partial charge in [-0.25, -0.2) is 4.79 Å². The molecule has 118 valence electrons. The molecule has 0 radical (unpaired) electrons. The van der Waals surface area contributed by atoms with Crippen LogP contribution in [0.15, 0.2) is 24.3 Å². The molecule has 0 saturated carbocycles. The van der Waals surface area contributed by atoms with Gasteiger partial charge in [-0.15, -0.1) is 0 Å². The first-order valence-electron chi connectivity index (χ1n) is 7.45. The average molecular weight is 293 g/mol. The molecule has 1 rings (SSSR count). The molecule has 1 aromatic rings. The number of hydrogen-bond acceptors (Lipinski definition) is 3. The third-order valence-electron chi connectivity index (χ3n) is 3.51. The molecule has 0 aliphatic rings. The Balaban J connectivity index is 2.76. The molecule has 5 nitrogen and oxygen atoms in total. The molecule has 0 aromatic heterocycles. The summed E-state index contributed by atoms with van der Waals surface area (Å²) in [4.78, 5) is 14.1. The van der Waals surface area contributed by atoms with Gasteiger partial charge in [0.05, 0.1) is 0 Å². The third kappa shape index (κ3) is 5.36. The van der Waals surface area contributed by atoms with Crippen LogP contribution in [0.5, 0.6) is 0 Å². The number of carbonyl (C=O) groups excluding carboxylic acids is 1. The maximum absolute atomic E-state index is 12.3. The Morgan fingerprint density at radius 3 is 2.62 bits per heavy atom. The van der Waals surface area contributed by atoms with Crippen molar-refractivity contribution in [2.75, 3.05) is 25.5 Å². The predicted octanol–water partition coefficient (Wildman–Crippen LogP) is 2.59. The number of aliphatic hydroxyl groups is 1. The van der Waals surface area contributed by atoms with E-state index in [9.17, 15) is 4.79 Å². The van der Waals surface area contributed by atoms with Crippen LogP contribution in [0.4, 0.5) is 10.5 Å². The SMILES string of the molecule is CNC(C)c1cccc(NC(=O)N(CCCO)C(C)C)c1. The highest BCUT2D eigenvalue weighted by atomic mass is 16.3. The molecule has 1 unspecified atom stereocenters. The molecular weight excluding hydrogens is 266 g/mol. The van der Waals surface area contributed by atoms with Crippen molar-refractivity contribution in [2.24, 2.45) is 0 Å². The van der Waals surface area contributed by atoms with Crippen molar-refractivity contribution >= 4 is 11.7 Å². The van der Waals surface area contributed by atoms with E-state index in [1.165, 1.54) is 0 Å². The number of amides is 2. The normalized spacial score (nSPS) is 12.3. The second-order valence-corrected chi connectivity index (χ2v) is 5.43. The van der Waals surface area contributed by atoms with Crippen molar-refractivity contribution in [3.05, 3.63) is 29.8 Å². The van der Waals surface area contributed by atoms with Crippen LogP contribution in [0.1, 0.15) is 38.8 Å². The lowest BCUT2D eigenvalue weighted by molar-refractivity contribution is 0.186. The van der Waals surface area contributed by atoms with Crippen molar-refractivity contribution in [1.82, 2.24) is 10.2 Å². The fourth-order valence-corrected chi connectivity index (χ4v) is 2.08. The molecule has 0 bridgehead atoms. The van der Waals surface area contributed by atoms with E-state index in [0.717, 1.165) is 11.3 Å². The van der Waals surface area contributed by atoms with Gasteiger partial charge in [-0.05, 0) is 51.9 Å². The summed E-state index contributed by atoms with van der Waals surface area (Å²) in [5.41, 5.74) is 1.91. The summed E-state index contributed by atoms with van der Waals surface area (Å²) < 4.78 is 0. The molecular formula is C16H27N3O2. The van der Waals surface area contributed by atoms with E-state index in [4.69, 9.17) is 5.11 Å². The van der Waals surface area contributed by atoms with Crippen molar-refractivity contribution in [2.45, 2.75) is 39.3 Å². The van der Waals surface area contributed by atoms with Gasteiger partial charge in [0.1, 0.15) is 0 Å². The predicted molar refractivity (Wildman–Crippen MR) is 86.5 cm³/mol. The van der Waals surface area contributed by atoms with Crippen molar-refractivity contribution in [1.29, 1.82) is 0 Å². The Labute approximate surface area is 127 Å². The number of hydrogen-bond donors (Lipinski definition) is 3. The van der Waals surface area contributed by atoms with E-state index < -0.39 is 0 Å². The Hall–Kier alpha value is -1.59. The Kier molecular flexibility index (Phi) is 7.19. The van der Waals surface area contributed by atoms with Gasteiger partial charge in [-0.1, -0.05) is 12.1 Å². The number of aliphatic hydroxyl groups excluding tert-OH is 1. The standard InChI is InChI=1S/C16H27N3O2/c1-12(2)19(9-6-10-20)16(21)18-15-8-5-7-14(11-15)13(3)17-4/h5,7-8,11-13,17,20H,6,9-10H2,1-4H3,(H,18,21).